The fourth-order valence-electron chi connectivity index (χ4n) is 2.30. The summed E-state index contributed by atoms with van der Waals surface area (Å²) in [6, 6.07) is 5.79. The predicted octanol–water partition coefficient (Wildman–Crippen LogP) is 1.29. The lowest BCUT2D eigenvalue weighted by atomic mass is 10.1. The molecule has 18 heavy (non-hydrogen) atoms. The molecule has 100 valence electrons. The molecule has 0 spiro atoms. The molecule has 1 aromatic rings. The van der Waals surface area contributed by atoms with Crippen molar-refractivity contribution in [2.24, 2.45) is 0 Å². The molecule has 1 fully saturated rings. The van der Waals surface area contributed by atoms with Gasteiger partial charge in [0.2, 0.25) is 0 Å². The van der Waals surface area contributed by atoms with E-state index in [1.54, 1.807) is 0 Å². The van der Waals surface area contributed by atoms with Crippen LogP contribution in [0.15, 0.2) is 23.1 Å². The van der Waals surface area contributed by atoms with Crippen LogP contribution < -0.4 is 10.2 Å². The molecular formula is C13H19N2O2S-. The maximum absolute atomic E-state index is 11.4. The van der Waals surface area contributed by atoms with Gasteiger partial charge in [0.1, 0.15) is 0 Å². The Balaban J connectivity index is 2.30. The number of anilines is 1. The number of benzene rings is 1. The zero-order valence-electron chi connectivity index (χ0n) is 10.6. The maximum atomic E-state index is 11.4. The van der Waals surface area contributed by atoms with Gasteiger partial charge in [-0.25, -0.2) is 0 Å². The Morgan fingerprint density at radius 2 is 2.11 bits per heavy atom. The van der Waals surface area contributed by atoms with E-state index in [-0.39, 0.29) is 0 Å². The summed E-state index contributed by atoms with van der Waals surface area (Å²) in [7, 11) is 0. The third-order valence-electron chi connectivity index (χ3n) is 3.20. The van der Waals surface area contributed by atoms with Crippen molar-refractivity contribution in [1.29, 1.82) is 0 Å². The first-order chi connectivity index (χ1) is 8.72. The molecule has 1 heterocycles. The molecule has 1 N–H and O–H groups in total. The van der Waals surface area contributed by atoms with E-state index in [4.69, 9.17) is 0 Å². The second-order valence-electron chi connectivity index (χ2n) is 4.52. The Morgan fingerprint density at radius 3 is 2.72 bits per heavy atom. The van der Waals surface area contributed by atoms with E-state index in [9.17, 15) is 8.76 Å². The van der Waals surface area contributed by atoms with E-state index in [2.05, 4.69) is 17.1 Å². The van der Waals surface area contributed by atoms with Gasteiger partial charge in [-0.2, -0.15) is 0 Å². The Bertz CT molecular complexity index is 431. The highest BCUT2D eigenvalue weighted by Gasteiger charge is 2.14. The van der Waals surface area contributed by atoms with Crippen LogP contribution >= 0.6 is 0 Å². The highest BCUT2D eigenvalue weighted by Crippen LogP contribution is 2.25. The second kappa shape index (κ2) is 6.31. The summed E-state index contributed by atoms with van der Waals surface area (Å²) in [5.74, 6) is 0. The number of hydrogen-bond acceptors (Lipinski definition) is 4. The van der Waals surface area contributed by atoms with Crippen LogP contribution in [0.5, 0.6) is 0 Å². The highest BCUT2D eigenvalue weighted by molar-refractivity contribution is 7.79. The van der Waals surface area contributed by atoms with Crippen LogP contribution in [0.25, 0.3) is 0 Å². The topological polar surface area (TPSA) is 55.4 Å². The quantitative estimate of drug-likeness (QED) is 0.835. The minimum Gasteiger partial charge on any atom is -0.768 e. The molecule has 0 aromatic heterocycles. The fraction of sp³-hybridized carbons (Fsp3) is 0.538. The fourth-order valence-corrected chi connectivity index (χ4v) is 2.92. The number of rotatable bonds is 4. The van der Waals surface area contributed by atoms with E-state index in [0.29, 0.717) is 4.90 Å². The standard InChI is InChI=1S/C13H20N2O2S/c1-2-3-11-4-5-12(13(10-11)18(16)17)15-8-6-14-7-9-15/h4-5,10,14H,2-3,6-9H2,1H3,(H,16,17)/p-1. The molecule has 0 saturated carbocycles. The summed E-state index contributed by atoms with van der Waals surface area (Å²) in [5.41, 5.74) is 1.93. The molecule has 5 heteroatoms. The summed E-state index contributed by atoms with van der Waals surface area (Å²) >= 11 is -2.17. The summed E-state index contributed by atoms with van der Waals surface area (Å²) in [6.45, 7) is 5.62. The van der Waals surface area contributed by atoms with Gasteiger partial charge in [-0.15, -0.1) is 0 Å². The molecule has 0 radical (unpaired) electrons. The van der Waals surface area contributed by atoms with Gasteiger partial charge in [0, 0.05) is 31.1 Å². The van der Waals surface area contributed by atoms with Gasteiger partial charge in [0.15, 0.2) is 0 Å². The zero-order valence-corrected chi connectivity index (χ0v) is 11.5. The lowest BCUT2D eigenvalue weighted by Crippen LogP contribution is -2.43. The van der Waals surface area contributed by atoms with Crippen LogP contribution in [0.4, 0.5) is 5.69 Å². The predicted molar refractivity (Wildman–Crippen MR) is 72.7 cm³/mol. The zero-order chi connectivity index (χ0) is 13.0. The van der Waals surface area contributed by atoms with Gasteiger partial charge in [-0.1, -0.05) is 19.4 Å². The third kappa shape index (κ3) is 3.10. The molecule has 1 atom stereocenters. The number of nitrogens with zero attached hydrogens (tertiary/aromatic N) is 1. The molecule has 0 aliphatic carbocycles. The molecule has 0 bridgehead atoms. The minimum atomic E-state index is -2.17. The summed E-state index contributed by atoms with van der Waals surface area (Å²) in [4.78, 5) is 2.57. The molecule has 0 amide bonds. The number of hydrogen-bond donors (Lipinski definition) is 1. The van der Waals surface area contributed by atoms with Crippen LogP contribution in [0.3, 0.4) is 0 Å². The van der Waals surface area contributed by atoms with Crippen molar-refractivity contribution in [3.8, 4) is 0 Å². The lowest BCUT2D eigenvalue weighted by Gasteiger charge is -2.31. The first-order valence-electron chi connectivity index (χ1n) is 6.40. The Labute approximate surface area is 111 Å². The van der Waals surface area contributed by atoms with Crippen LogP contribution in [0, 0.1) is 0 Å². The highest BCUT2D eigenvalue weighted by atomic mass is 32.2. The molecule has 2 rings (SSSR count). The Morgan fingerprint density at radius 1 is 1.39 bits per heavy atom. The number of aryl methyl sites for hydroxylation is 1. The van der Waals surface area contributed by atoms with Crippen molar-refractivity contribution in [2.45, 2.75) is 24.7 Å². The van der Waals surface area contributed by atoms with Crippen molar-refractivity contribution in [1.82, 2.24) is 5.32 Å². The number of piperazine rings is 1. The minimum absolute atomic E-state index is 0.433. The summed E-state index contributed by atoms with van der Waals surface area (Å²) in [6.07, 6.45) is 1.95. The van der Waals surface area contributed by atoms with Gasteiger partial charge in [-0.3, -0.25) is 4.21 Å². The monoisotopic (exact) mass is 267 g/mol. The molecule has 1 unspecified atom stereocenters. The van der Waals surface area contributed by atoms with E-state index >= 15 is 0 Å². The van der Waals surface area contributed by atoms with Crippen LogP contribution in [-0.4, -0.2) is 34.9 Å². The average molecular weight is 267 g/mol. The van der Waals surface area contributed by atoms with Crippen molar-refractivity contribution in [3.63, 3.8) is 0 Å². The van der Waals surface area contributed by atoms with Gasteiger partial charge < -0.3 is 14.8 Å². The molecule has 1 aliphatic heterocycles. The normalized spacial score (nSPS) is 17.8. The van der Waals surface area contributed by atoms with Crippen LogP contribution in [0.1, 0.15) is 18.9 Å². The van der Waals surface area contributed by atoms with E-state index in [1.807, 2.05) is 18.2 Å². The maximum Gasteiger partial charge on any atom is 0.0519 e. The van der Waals surface area contributed by atoms with Crippen molar-refractivity contribution < 1.29 is 8.76 Å². The van der Waals surface area contributed by atoms with Gasteiger partial charge in [-0.05, 0) is 35.2 Å². The molecule has 4 nitrogen and oxygen atoms in total. The smallest absolute Gasteiger partial charge is 0.0519 e. The first kappa shape index (κ1) is 13.5. The molecular weight excluding hydrogens is 248 g/mol. The Hall–Kier alpha value is -0.910. The van der Waals surface area contributed by atoms with Crippen molar-refractivity contribution in [2.75, 3.05) is 31.1 Å². The van der Waals surface area contributed by atoms with E-state index in [1.165, 1.54) is 0 Å². The van der Waals surface area contributed by atoms with Crippen molar-refractivity contribution in [3.05, 3.63) is 23.8 Å². The lowest BCUT2D eigenvalue weighted by molar-refractivity contribution is 0.535. The molecule has 1 aliphatic rings. The first-order valence-corrected chi connectivity index (χ1v) is 7.47. The van der Waals surface area contributed by atoms with Crippen LogP contribution in [0.2, 0.25) is 0 Å². The largest absolute Gasteiger partial charge is 0.768 e. The molecule has 1 saturated heterocycles. The van der Waals surface area contributed by atoms with Crippen LogP contribution in [-0.2, 0) is 17.5 Å². The second-order valence-corrected chi connectivity index (χ2v) is 5.43. The van der Waals surface area contributed by atoms with Gasteiger partial charge >= 0.3 is 0 Å². The van der Waals surface area contributed by atoms with Gasteiger partial charge in [0.25, 0.3) is 0 Å². The number of nitrogens with one attached hydrogen (secondary N) is 1. The SMILES string of the molecule is CCCc1ccc(N2CCNCC2)c(S(=O)[O-])c1. The molecule has 1 aromatic carbocycles. The summed E-state index contributed by atoms with van der Waals surface area (Å²) < 4.78 is 22.8. The van der Waals surface area contributed by atoms with E-state index in [0.717, 1.165) is 50.3 Å². The summed E-state index contributed by atoms with van der Waals surface area (Å²) in [5, 5.41) is 3.27. The van der Waals surface area contributed by atoms with Gasteiger partial charge in [0.05, 0.1) is 5.69 Å². The van der Waals surface area contributed by atoms with Crippen molar-refractivity contribution >= 4 is 16.8 Å². The average Bonchev–Trinajstić information content (AvgIpc) is 2.40. The Kier molecular flexibility index (Phi) is 4.74. The third-order valence-corrected chi connectivity index (χ3v) is 3.89. The van der Waals surface area contributed by atoms with E-state index < -0.39 is 11.1 Å².